The predicted octanol–water partition coefficient (Wildman–Crippen LogP) is 3.10. The molecule has 0 bridgehead atoms. The summed E-state index contributed by atoms with van der Waals surface area (Å²) in [6, 6.07) is 7.85. The number of hydrogen-bond acceptors (Lipinski definition) is 1. The highest BCUT2D eigenvalue weighted by Gasteiger charge is 1.91. The van der Waals surface area contributed by atoms with E-state index in [4.69, 9.17) is 4.74 Å². The molecule has 2 heteroatoms. The van der Waals surface area contributed by atoms with Crippen LogP contribution in [0.5, 0.6) is 5.75 Å². The van der Waals surface area contributed by atoms with E-state index in [-0.39, 0.29) is 0 Å². The average molecular weight is 227 g/mol. The molecule has 0 aromatic heterocycles. The van der Waals surface area contributed by atoms with Gasteiger partial charge in [0.25, 0.3) is 0 Å². The Morgan fingerprint density at radius 3 is 2.50 bits per heavy atom. The van der Waals surface area contributed by atoms with Crippen molar-refractivity contribution in [3.05, 3.63) is 36.4 Å². The Morgan fingerprint density at radius 1 is 1.33 bits per heavy atom. The first kappa shape index (κ1) is 9.33. The van der Waals surface area contributed by atoms with E-state index in [1.54, 1.807) is 0 Å². The van der Waals surface area contributed by atoms with Crippen LogP contribution in [-0.4, -0.2) is 11.9 Å². The fourth-order valence-corrected chi connectivity index (χ4v) is 1.02. The zero-order chi connectivity index (χ0) is 8.81. The minimum Gasteiger partial charge on any atom is -0.493 e. The minimum absolute atomic E-state index is 0.702. The van der Waals surface area contributed by atoms with Gasteiger partial charge in [0.2, 0.25) is 0 Å². The van der Waals surface area contributed by atoms with Gasteiger partial charge in [0.1, 0.15) is 5.75 Å². The molecule has 0 unspecified atom stereocenters. The molecule has 1 nitrogen and oxygen atoms in total. The first-order chi connectivity index (χ1) is 5.86. The van der Waals surface area contributed by atoms with Crippen LogP contribution in [0.25, 0.3) is 6.08 Å². The van der Waals surface area contributed by atoms with Gasteiger partial charge in [-0.15, -0.1) is 0 Å². The third-order valence-electron chi connectivity index (χ3n) is 1.46. The Hall–Kier alpha value is -0.760. The molecule has 0 fully saturated rings. The number of ether oxygens (including phenoxy) is 1. The second kappa shape index (κ2) is 4.99. The van der Waals surface area contributed by atoms with Gasteiger partial charge >= 0.3 is 0 Å². The molecule has 12 heavy (non-hydrogen) atoms. The Kier molecular flexibility index (Phi) is 3.88. The second-order valence-corrected chi connectivity index (χ2v) is 3.10. The highest BCUT2D eigenvalue weighted by atomic mass is 79.9. The molecule has 0 radical (unpaired) electrons. The summed E-state index contributed by atoms with van der Waals surface area (Å²) in [5.74, 6) is 0.903. The lowest BCUT2D eigenvalue weighted by Gasteiger charge is -2.03. The van der Waals surface area contributed by atoms with Crippen LogP contribution in [0.3, 0.4) is 0 Å². The molecule has 0 amide bonds. The van der Waals surface area contributed by atoms with Crippen molar-refractivity contribution in [2.24, 2.45) is 0 Å². The van der Waals surface area contributed by atoms with Crippen LogP contribution >= 0.6 is 15.9 Å². The van der Waals surface area contributed by atoms with Crippen LogP contribution in [-0.2, 0) is 0 Å². The quantitative estimate of drug-likeness (QED) is 0.718. The summed E-state index contributed by atoms with van der Waals surface area (Å²) in [6.07, 6.45) is 1.81. The molecule has 1 aromatic carbocycles. The zero-order valence-corrected chi connectivity index (χ0v) is 8.38. The molecule has 0 aliphatic heterocycles. The lowest BCUT2D eigenvalue weighted by atomic mass is 10.2. The van der Waals surface area contributed by atoms with Gasteiger partial charge in [-0.25, -0.2) is 0 Å². The Labute approximate surface area is 81.2 Å². The molecule has 0 saturated carbocycles. The van der Waals surface area contributed by atoms with Gasteiger partial charge in [0.05, 0.1) is 6.61 Å². The van der Waals surface area contributed by atoms with Crippen LogP contribution < -0.4 is 4.74 Å². The standard InChI is InChI=1S/C10H11BrO/c1-2-9-3-5-10(6-4-9)12-8-7-11/h2-6H,1,7-8H2. The average Bonchev–Trinajstić information content (AvgIpc) is 2.15. The molecule has 1 rings (SSSR count). The SMILES string of the molecule is C=Cc1ccc(OCCBr)cc1. The summed E-state index contributed by atoms with van der Waals surface area (Å²) in [5, 5.41) is 0.857. The van der Waals surface area contributed by atoms with E-state index < -0.39 is 0 Å². The van der Waals surface area contributed by atoms with Gasteiger partial charge in [-0.3, -0.25) is 0 Å². The topological polar surface area (TPSA) is 9.23 Å². The van der Waals surface area contributed by atoms with Crippen LogP contribution in [0, 0.1) is 0 Å². The van der Waals surface area contributed by atoms with Gasteiger partial charge in [0.15, 0.2) is 0 Å². The maximum absolute atomic E-state index is 5.37. The highest BCUT2D eigenvalue weighted by molar-refractivity contribution is 9.09. The number of rotatable bonds is 4. The molecule has 0 saturated heterocycles. The van der Waals surface area contributed by atoms with Gasteiger partial charge in [0, 0.05) is 5.33 Å². The van der Waals surface area contributed by atoms with E-state index in [1.165, 1.54) is 0 Å². The first-order valence-corrected chi connectivity index (χ1v) is 4.90. The van der Waals surface area contributed by atoms with Crippen molar-refractivity contribution in [3.63, 3.8) is 0 Å². The van der Waals surface area contributed by atoms with Gasteiger partial charge in [-0.2, -0.15) is 0 Å². The molecular formula is C10H11BrO. The number of hydrogen-bond donors (Lipinski definition) is 0. The van der Waals surface area contributed by atoms with Crippen LogP contribution in [0.4, 0.5) is 0 Å². The molecule has 0 heterocycles. The molecule has 64 valence electrons. The fraction of sp³-hybridized carbons (Fsp3) is 0.200. The summed E-state index contributed by atoms with van der Waals surface area (Å²) in [7, 11) is 0. The summed E-state index contributed by atoms with van der Waals surface area (Å²) in [4.78, 5) is 0. The highest BCUT2D eigenvalue weighted by Crippen LogP contribution is 2.12. The molecule has 0 aliphatic carbocycles. The fourth-order valence-electron chi connectivity index (χ4n) is 0.857. The number of alkyl halides is 1. The summed E-state index contributed by atoms with van der Waals surface area (Å²) in [5.41, 5.74) is 1.11. The summed E-state index contributed by atoms with van der Waals surface area (Å²) in [6.45, 7) is 4.38. The third kappa shape index (κ3) is 2.70. The first-order valence-electron chi connectivity index (χ1n) is 3.78. The Balaban J connectivity index is 2.58. The predicted molar refractivity (Wildman–Crippen MR) is 55.8 cm³/mol. The smallest absolute Gasteiger partial charge is 0.119 e. The van der Waals surface area contributed by atoms with Gasteiger partial charge in [-0.1, -0.05) is 40.7 Å². The van der Waals surface area contributed by atoms with Crippen molar-refractivity contribution < 1.29 is 4.74 Å². The summed E-state index contributed by atoms with van der Waals surface area (Å²) < 4.78 is 5.37. The number of benzene rings is 1. The van der Waals surface area contributed by atoms with Gasteiger partial charge < -0.3 is 4.74 Å². The lowest BCUT2D eigenvalue weighted by molar-refractivity contribution is 0.345. The maximum atomic E-state index is 5.37. The second-order valence-electron chi connectivity index (χ2n) is 2.31. The number of halogens is 1. The van der Waals surface area contributed by atoms with Crippen LogP contribution in [0.15, 0.2) is 30.8 Å². The van der Waals surface area contributed by atoms with E-state index in [9.17, 15) is 0 Å². The molecule has 1 aromatic rings. The van der Waals surface area contributed by atoms with Crippen molar-refractivity contribution in [3.8, 4) is 5.75 Å². The molecular weight excluding hydrogens is 216 g/mol. The van der Waals surface area contributed by atoms with E-state index in [0.717, 1.165) is 16.6 Å². The normalized spacial score (nSPS) is 9.42. The van der Waals surface area contributed by atoms with Crippen molar-refractivity contribution in [2.75, 3.05) is 11.9 Å². The van der Waals surface area contributed by atoms with E-state index >= 15 is 0 Å². The third-order valence-corrected chi connectivity index (χ3v) is 1.79. The molecule has 0 spiro atoms. The van der Waals surface area contributed by atoms with Crippen LogP contribution in [0.1, 0.15) is 5.56 Å². The van der Waals surface area contributed by atoms with E-state index in [1.807, 2.05) is 30.3 Å². The van der Waals surface area contributed by atoms with Crippen molar-refractivity contribution in [2.45, 2.75) is 0 Å². The van der Waals surface area contributed by atoms with Crippen molar-refractivity contribution in [1.82, 2.24) is 0 Å². The molecule has 0 atom stereocenters. The lowest BCUT2D eigenvalue weighted by Crippen LogP contribution is -1.96. The largest absolute Gasteiger partial charge is 0.493 e. The van der Waals surface area contributed by atoms with E-state index in [0.29, 0.717) is 6.61 Å². The van der Waals surface area contributed by atoms with E-state index in [2.05, 4.69) is 22.5 Å². The Morgan fingerprint density at radius 2 is 2.00 bits per heavy atom. The van der Waals surface area contributed by atoms with Gasteiger partial charge in [-0.05, 0) is 17.7 Å². The maximum Gasteiger partial charge on any atom is 0.119 e. The molecule has 0 N–H and O–H groups in total. The van der Waals surface area contributed by atoms with Crippen LogP contribution in [0.2, 0.25) is 0 Å². The minimum atomic E-state index is 0.702. The summed E-state index contributed by atoms with van der Waals surface area (Å²) >= 11 is 3.29. The monoisotopic (exact) mass is 226 g/mol. The Bertz CT molecular complexity index is 241. The molecule has 0 aliphatic rings. The van der Waals surface area contributed by atoms with Crippen molar-refractivity contribution >= 4 is 22.0 Å². The van der Waals surface area contributed by atoms with Crippen molar-refractivity contribution in [1.29, 1.82) is 0 Å². The zero-order valence-electron chi connectivity index (χ0n) is 6.79.